The molecular weight excluding hydrogens is 449 g/mol. The SMILES string of the molecule is CCN(CC)c1ccc(C=Nc2ccc([N+](=O)[O-])cc2OB(c2ccccc2)c2ccccc2)cc1. The van der Waals surface area contributed by atoms with Crippen LogP contribution in [-0.2, 0) is 0 Å². The number of aliphatic imine (C=N–C) groups is 1. The average Bonchev–Trinajstić information content (AvgIpc) is 2.93. The average molecular weight is 477 g/mol. The van der Waals surface area contributed by atoms with E-state index in [9.17, 15) is 10.1 Å². The quantitative estimate of drug-likeness (QED) is 0.133. The largest absolute Gasteiger partial charge is 0.550 e. The van der Waals surface area contributed by atoms with E-state index in [4.69, 9.17) is 4.65 Å². The second kappa shape index (κ2) is 11.8. The number of anilines is 1. The molecule has 4 aromatic rings. The minimum atomic E-state index is -0.447. The highest BCUT2D eigenvalue weighted by molar-refractivity contribution is 6.80. The third-order valence-electron chi connectivity index (χ3n) is 5.98. The van der Waals surface area contributed by atoms with Crippen LogP contribution in [0.1, 0.15) is 19.4 Å². The smallest absolute Gasteiger partial charge is 0.426 e. The van der Waals surface area contributed by atoms with Gasteiger partial charge in [-0.1, -0.05) is 72.8 Å². The molecule has 0 aliphatic rings. The molecule has 180 valence electrons. The van der Waals surface area contributed by atoms with Gasteiger partial charge in [0.1, 0.15) is 11.4 Å². The maximum Gasteiger partial charge on any atom is 0.426 e. The summed E-state index contributed by atoms with van der Waals surface area (Å²) < 4.78 is 6.45. The topological polar surface area (TPSA) is 68.0 Å². The zero-order valence-electron chi connectivity index (χ0n) is 20.5. The van der Waals surface area contributed by atoms with Gasteiger partial charge in [-0.2, -0.15) is 0 Å². The van der Waals surface area contributed by atoms with Crippen molar-refractivity contribution in [1.82, 2.24) is 0 Å². The number of nitrogens with zero attached hydrogens (tertiary/aromatic N) is 3. The summed E-state index contributed by atoms with van der Waals surface area (Å²) in [6.07, 6.45) is 1.75. The fourth-order valence-electron chi connectivity index (χ4n) is 4.03. The van der Waals surface area contributed by atoms with Crippen LogP contribution in [0.4, 0.5) is 17.1 Å². The van der Waals surface area contributed by atoms with Gasteiger partial charge in [0, 0.05) is 31.1 Å². The van der Waals surface area contributed by atoms with Crippen LogP contribution in [0.5, 0.6) is 5.75 Å². The number of nitro groups is 1. The molecule has 0 amide bonds. The van der Waals surface area contributed by atoms with Crippen LogP contribution >= 0.6 is 0 Å². The lowest BCUT2D eigenvalue weighted by atomic mass is 9.55. The molecule has 4 aromatic carbocycles. The van der Waals surface area contributed by atoms with Crippen LogP contribution in [-0.4, -0.2) is 31.1 Å². The van der Waals surface area contributed by atoms with Crippen molar-refractivity contribution < 1.29 is 9.58 Å². The Bertz CT molecular complexity index is 1270. The van der Waals surface area contributed by atoms with E-state index in [0.29, 0.717) is 11.4 Å². The van der Waals surface area contributed by atoms with Gasteiger partial charge in [0.15, 0.2) is 0 Å². The summed E-state index contributed by atoms with van der Waals surface area (Å²) in [5.41, 5.74) is 4.44. The van der Waals surface area contributed by atoms with E-state index >= 15 is 0 Å². The van der Waals surface area contributed by atoms with Gasteiger partial charge in [0.2, 0.25) is 0 Å². The Morgan fingerprint density at radius 3 is 1.97 bits per heavy atom. The number of hydrogen-bond donors (Lipinski definition) is 0. The van der Waals surface area contributed by atoms with E-state index in [2.05, 4.69) is 35.9 Å². The van der Waals surface area contributed by atoms with Crippen LogP contribution in [0.3, 0.4) is 0 Å². The molecule has 0 fully saturated rings. The molecule has 0 N–H and O–H groups in total. The number of rotatable bonds is 10. The molecule has 0 heterocycles. The van der Waals surface area contributed by atoms with E-state index in [0.717, 1.165) is 35.3 Å². The van der Waals surface area contributed by atoms with Crippen molar-refractivity contribution in [3.8, 4) is 5.75 Å². The Labute approximate surface area is 212 Å². The van der Waals surface area contributed by atoms with Crippen molar-refractivity contribution in [2.45, 2.75) is 13.8 Å². The maximum absolute atomic E-state index is 11.5. The van der Waals surface area contributed by atoms with Crippen LogP contribution in [0, 0.1) is 10.1 Å². The molecule has 0 spiro atoms. The summed E-state index contributed by atoms with van der Waals surface area (Å²) in [6.45, 7) is 5.70. The second-order valence-corrected chi connectivity index (χ2v) is 8.25. The molecular formula is C29H28BN3O3. The van der Waals surface area contributed by atoms with Gasteiger partial charge >= 0.3 is 6.92 Å². The fraction of sp³-hybridized carbons (Fsp3) is 0.138. The van der Waals surface area contributed by atoms with Crippen molar-refractivity contribution in [3.63, 3.8) is 0 Å². The summed E-state index contributed by atoms with van der Waals surface area (Å²) in [5, 5.41) is 11.5. The van der Waals surface area contributed by atoms with E-state index in [1.54, 1.807) is 12.3 Å². The van der Waals surface area contributed by atoms with Crippen molar-refractivity contribution >= 4 is 41.1 Å². The van der Waals surface area contributed by atoms with E-state index < -0.39 is 11.8 Å². The molecule has 0 atom stereocenters. The lowest BCUT2D eigenvalue weighted by Gasteiger charge is -2.20. The first kappa shape index (κ1) is 24.7. The summed E-state index contributed by atoms with van der Waals surface area (Å²) in [4.78, 5) is 18.0. The number of hydrogen-bond acceptors (Lipinski definition) is 5. The fourth-order valence-corrected chi connectivity index (χ4v) is 4.03. The first-order valence-corrected chi connectivity index (χ1v) is 12.0. The third kappa shape index (κ3) is 5.99. The molecule has 0 saturated heterocycles. The molecule has 0 radical (unpaired) electrons. The zero-order valence-corrected chi connectivity index (χ0v) is 20.5. The highest BCUT2D eigenvalue weighted by Gasteiger charge is 2.25. The maximum atomic E-state index is 11.5. The van der Waals surface area contributed by atoms with Gasteiger partial charge in [-0.15, -0.1) is 0 Å². The predicted octanol–water partition coefficient (Wildman–Crippen LogP) is 5.38. The van der Waals surface area contributed by atoms with Gasteiger partial charge in [-0.3, -0.25) is 15.1 Å². The van der Waals surface area contributed by atoms with E-state index in [1.807, 2.05) is 72.8 Å². The van der Waals surface area contributed by atoms with Gasteiger partial charge < -0.3 is 9.55 Å². The number of benzene rings is 4. The molecule has 4 rings (SSSR count). The van der Waals surface area contributed by atoms with Crippen molar-refractivity contribution in [2.24, 2.45) is 4.99 Å². The van der Waals surface area contributed by atoms with Crippen LogP contribution in [0.15, 0.2) is 108 Å². The summed E-state index contributed by atoms with van der Waals surface area (Å²) in [5.74, 6) is 0.345. The van der Waals surface area contributed by atoms with E-state index in [1.165, 1.54) is 12.1 Å². The lowest BCUT2D eigenvalue weighted by molar-refractivity contribution is -0.384. The minimum Gasteiger partial charge on any atom is -0.550 e. The monoisotopic (exact) mass is 477 g/mol. The molecule has 0 aliphatic heterocycles. The van der Waals surface area contributed by atoms with Gasteiger partial charge in [0.25, 0.3) is 5.69 Å². The summed E-state index contributed by atoms with van der Waals surface area (Å²) in [7, 11) is 0. The van der Waals surface area contributed by atoms with Gasteiger partial charge in [-0.05, 0) is 48.5 Å². The Morgan fingerprint density at radius 1 is 0.861 bits per heavy atom. The second-order valence-electron chi connectivity index (χ2n) is 8.25. The lowest BCUT2D eigenvalue weighted by Crippen LogP contribution is -2.47. The van der Waals surface area contributed by atoms with Gasteiger partial charge in [-0.25, -0.2) is 0 Å². The highest BCUT2D eigenvalue weighted by atomic mass is 16.6. The molecule has 36 heavy (non-hydrogen) atoms. The number of non-ortho nitro benzene ring substituents is 1. The van der Waals surface area contributed by atoms with E-state index in [-0.39, 0.29) is 5.69 Å². The first-order chi connectivity index (χ1) is 17.6. The Hall–Kier alpha value is -4.39. The zero-order chi connectivity index (χ0) is 25.3. The molecule has 7 heteroatoms. The van der Waals surface area contributed by atoms with Crippen molar-refractivity contribution in [1.29, 1.82) is 0 Å². The summed E-state index contributed by atoms with van der Waals surface area (Å²) >= 11 is 0. The molecule has 0 unspecified atom stereocenters. The van der Waals surface area contributed by atoms with Crippen LogP contribution in [0.2, 0.25) is 0 Å². The molecule has 6 nitrogen and oxygen atoms in total. The Kier molecular flexibility index (Phi) is 8.14. The van der Waals surface area contributed by atoms with Crippen molar-refractivity contribution in [3.05, 3.63) is 119 Å². The Morgan fingerprint density at radius 2 is 1.44 bits per heavy atom. The third-order valence-corrected chi connectivity index (χ3v) is 5.98. The highest BCUT2D eigenvalue weighted by Crippen LogP contribution is 2.32. The molecule has 0 aromatic heterocycles. The van der Waals surface area contributed by atoms with Crippen molar-refractivity contribution in [2.75, 3.05) is 18.0 Å². The van der Waals surface area contributed by atoms with Crippen LogP contribution < -0.4 is 20.5 Å². The van der Waals surface area contributed by atoms with Crippen LogP contribution in [0.25, 0.3) is 0 Å². The molecule has 0 aliphatic carbocycles. The summed E-state index contributed by atoms with van der Waals surface area (Å²) in [6, 6.07) is 32.3. The molecule has 0 bridgehead atoms. The predicted molar refractivity (Wildman–Crippen MR) is 149 cm³/mol. The van der Waals surface area contributed by atoms with Gasteiger partial charge in [0.05, 0.1) is 11.0 Å². The Balaban J connectivity index is 1.68. The number of nitro benzene ring substituents is 1. The first-order valence-electron chi connectivity index (χ1n) is 12.0. The normalized spacial score (nSPS) is 10.8. The molecule has 0 saturated carbocycles. The standard InChI is InChI=1S/C29H28BN3O3/c1-3-32(4-2)26-17-15-23(16-18-26)22-31-28-20-19-27(33(34)35)21-29(28)36-30(24-11-7-5-8-12-24)25-13-9-6-10-14-25/h5-22H,3-4H2,1-2H3. The minimum absolute atomic E-state index is 0.0487.